The molecule has 0 radical (unpaired) electrons. The van der Waals surface area contributed by atoms with Crippen LogP contribution in [-0.4, -0.2) is 37.8 Å². The van der Waals surface area contributed by atoms with Gasteiger partial charge in [0, 0.05) is 19.4 Å². The maximum Gasteiger partial charge on any atom is 0.328 e. The van der Waals surface area contributed by atoms with Crippen LogP contribution in [0.25, 0.3) is 0 Å². The Morgan fingerprint density at radius 1 is 1.59 bits per heavy atom. The van der Waals surface area contributed by atoms with Crippen LogP contribution in [0.2, 0.25) is 0 Å². The van der Waals surface area contributed by atoms with E-state index >= 15 is 0 Å². The van der Waals surface area contributed by atoms with Crippen LogP contribution in [-0.2, 0) is 16.6 Å². The van der Waals surface area contributed by atoms with Crippen molar-refractivity contribution >= 4 is 23.6 Å². The van der Waals surface area contributed by atoms with E-state index in [1.165, 1.54) is 25.6 Å². The molecule has 0 fully saturated rings. The Morgan fingerprint density at radius 3 is 2.71 bits per heavy atom. The van der Waals surface area contributed by atoms with E-state index in [4.69, 9.17) is 5.11 Å². The van der Waals surface area contributed by atoms with Crippen LogP contribution in [0.1, 0.15) is 13.8 Å². The summed E-state index contributed by atoms with van der Waals surface area (Å²) < 4.78 is 1.79. The molecule has 2 N–H and O–H groups in total. The molecule has 0 aliphatic carbocycles. The number of carboxylic acid groups (broad SMARTS) is 1. The van der Waals surface area contributed by atoms with Crippen molar-refractivity contribution in [3.05, 3.63) is 12.4 Å². The van der Waals surface area contributed by atoms with E-state index in [-0.39, 0.29) is 11.7 Å². The molecule has 0 saturated carbocycles. The smallest absolute Gasteiger partial charge is 0.328 e. The van der Waals surface area contributed by atoms with Crippen molar-refractivity contribution in [2.45, 2.75) is 24.5 Å². The number of aliphatic carboxylic acids is 1. The molecule has 7 heteroatoms. The van der Waals surface area contributed by atoms with Crippen molar-refractivity contribution in [2.75, 3.05) is 5.75 Å². The number of carbonyl (C=O) groups is 2. The van der Waals surface area contributed by atoms with Crippen LogP contribution >= 0.6 is 11.8 Å². The van der Waals surface area contributed by atoms with Gasteiger partial charge in [-0.2, -0.15) is 0 Å². The fourth-order valence-corrected chi connectivity index (χ4v) is 1.79. The number of nitrogens with zero attached hydrogens (tertiary/aromatic N) is 2. The van der Waals surface area contributed by atoms with Crippen LogP contribution in [0, 0.1) is 0 Å². The number of rotatable bonds is 5. The molecule has 1 aromatic rings. The summed E-state index contributed by atoms with van der Waals surface area (Å²) in [4.78, 5) is 26.4. The summed E-state index contributed by atoms with van der Waals surface area (Å²) in [5.74, 6) is -1.25. The summed E-state index contributed by atoms with van der Waals surface area (Å²) in [7, 11) is 1.83. The average Bonchev–Trinajstić information content (AvgIpc) is 2.60. The average molecular weight is 257 g/mol. The number of imidazole rings is 1. The van der Waals surface area contributed by atoms with E-state index in [0.717, 1.165) is 0 Å². The molecule has 0 aromatic carbocycles. The summed E-state index contributed by atoms with van der Waals surface area (Å²) >= 11 is 1.26. The molecule has 17 heavy (non-hydrogen) atoms. The SMILES string of the molecule is Cn1ccnc1SCC(=O)NC(C)(C)C(=O)O. The second kappa shape index (κ2) is 5.22. The van der Waals surface area contributed by atoms with Crippen LogP contribution in [0.3, 0.4) is 0 Å². The zero-order chi connectivity index (χ0) is 13.1. The standard InChI is InChI=1S/C10H15N3O3S/c1-10(2,8(15)16)12-7(14)6-17-9-11-4-5-13(9)3/h4-5H,6H2,1-3H3,(H,12,14)(H,15,16). The molecule has 1 rings (SSSR count). The highest BCUT2D eigenvalue weighted by atomic mass is 32.2. The lowest BCUT2D eigenvalue weighted by atomic mass is 10.1. The van der Waals surface area contributed by atoms with Gasteiger partial charge in [-0.15, -0.1) is 0 Å². The molecular formula is C10H15N3O3S. The van der Waals surface area contributed by atoms with Gasteiger partial charge in [0.25, 0.3) is 0 Å². The molecule has 0 aliphatic rings. The number of carboxylic acids is 1. The molecule has 0 atom stereocenters. The summed E-state index contributed by atoms with van der Waals surface area (Å²) in [5.41, 5.74) is -1.25. The third-order valence-electron chi connectivity index (χ3n) is 2.10. The molecular weight excluding hydrogens is 242 g/mol. The predicted octanol–water partition coefficient (Wildman–Crippen LogP) is 0.492. The van der Waals surface area contributed by atoms with E-state index in [2.05, 4.69) is 10.3 Å². The van der Waals surface area contributed by atoms with Gasteiger partial charge < -0.3 is 15.0 Å². The van der Waals surface area contributed by atoms with Gasteiger partial charge in [-0.1, -0.05) is 11.8 Å². The molecule has 1 aromatic heterocycles. The minimum atomic E-state index is -1.25. The number of nitrogens with one attached hydrogen (secondary N) is 1. The Morgan fingerprint density at radius 2 is 2.24 bits per heavy atom. The lowest BCUT2D eigenvalue weighted by Gasteiger charge is -2.20. The van der Waals surface area contributed by atoms with E-state index < -0.39 is 11.5 Å². The van der Waals surface area contributed by atoms with Crippen molar-refractivity contribution in [2.24, 2.45) is 7.05 Å². The minimum Gasteiger partial charge on any atom is -0.480 e. The Balaban J connectivity index is 2.46. The Bertz CT molecular complexity index is 428. The topological polar surface area (TPSA) is 84.2 Å². The molecule has 1 amide bonds. The molecule has 0 aliphatic heterocycles. The summed E-state index contributed by atoms with van der Waals surface area (Å²) in [6, 6.07) is 0. The predicted molar refractivity (Wildman–Crippen MR) is 63.8 cm³/mol. The van der Waals surface area contributed by atoms with E-state index in [1.807, 2.05) is 7.05 Å². The van der Waals surface area contributed by atoms with Crippen LogP contribution in [0.5, 0.6) is 0 Å². The first-order chi connectivity index (χ1) is 7.83. The number of aryl methyl sites for hydroxylation is 1. The van der Waals surface area contributed by atoms with Crippen molar-refractivity contribution in [1.82, 2.24) is 14.9 Å². The maximum absolute atomic E-state index is 11.5. The normalized spacial score (nSPS) is 11.2. The van der Waals surface area contributed by atoms with Gasteiger partial charge in [-0.3, -0.25) is 4.79 Å². The quantitative estimate of drug-likeness (QED) is 0.750. The Labute approximate surface area is 103 Å². The van der Waals surface area contributed by atoms with Crippen LogP contribution < -0.4 is 5.32 Å². The molecule has 0 spiro atoms. The molecule has 6 nitrogen and oxygen atoms in total. The molecule has 0 bridgehead atoms. The number of amides is 1. The van der Waals surface area contributed by atoms with Crippen molar-refractivity contribution in [3.63, 3.8) is 0 Å². The highest BCUT2D eigenvalue weighted by Crippen LogP contribution is 2.14. The van der Waals surface area contributed by atoms with E-state index in [0.29, 0.717) is 5.16 Å². The Kier molecular flexibility index (Phi) is 4.17. The second-order valence-corrected chi connectivity index (χ2v) is 5.03. The van der Waals surface area contributed by atoms with Crippen LogP contribution in [0.15, 0.2) is 17.6 Å². The second-order valence-electron chi connectivity index (χ2n) is 4.09. The highest BCUT2D eigenvalue weighted by Gasteiger charge is 2.28. The molecule has 0 unspecified atom stereocenters. The lowest BCUT2D eigenvalue weighted by Crippen LogP contribution is -2.50. The van der Waals surface area contributed by atoms with Crippen molar-refractivity contribution < 1.29 is 14.7 Å². The van der Waals surface area contributed by atoms with Gasteiger partial charge in [0.1, 0.15) is 5.54 Å². The fraction of sp³-hybridized carbons (Fsp3) is 0.500. The summed E-state index contributed by atoms with van der Waals surface area (Å²) in [6.45, 7) is 2.89. The third kappa shape index (κ3) is 3.77. The zero-order valence-corrected chi connectivity index (χ0v) is 10.7. The Hall–Kier alpha value is -1.50. The number of aromatic nitrogens is 2. The number of hydrogen-bond acceptors (Lipinski definition) is 4. The monoisotopic (exact) mass is 257 g/mol. The van der Waals surface area contributed by atoms with Crippen molar-refractivity contribution in [1.29, 1.82) is 0 Å². The highest BCUT2D eigenvalue weighted by molar-refractivity contribution is 7.99. The van der Waals surface area contributed by atoms with Gasteiger partial charge in [0.15, 0.2) is 5.16 Å². The maximum atomic E-state index is 11.5. The first-order valence-corrected chi connectivity index (χ1v) is 5.96. The number of carbonyl (C=O) groups excluding carboxylic acids is 1. The van der Waals surface area contributed by atoms with Gasteiger partial charge >= 0.3 is 5.97 Å². The lowest BCUT2D eigenvalue weighted by molar-refractivity contribution is -0.145. The van der Waals surface area contributed by atoms with Gasteiger partial charge in [0.05, 0.1) is 5.75 Å². The summed E-state index contributed by atoms with van der Waals surface area (Å²) in [5, 5.41) is 12.0. The minimum absolute atomic E-state index is 0.140. The van der Waals surface area contributed by atoms with Gasteiger partial charge in [-0.25, -0.2) is 9.78 Å². The molecule has 94 valence electrons. The zero-order valence-electron chi connectivity index (χ0n) is 9.93. The third-order valence-corrected chi connectivity index (χ3v) is 3.15. The van der Waals surface area contributed by atoms with Crippen molar-refractivity contribution in [3.8, 4) is 0 Å². The van der Waals surface area contributed by atoms with E-state index in [1.54, 1.807) is 17.0 Å². The first-order valence-electron chi connectivity index (χ1n) is 4.97. The number of thioether (sulfide) groups is 1. The molecule has 0 saturated heterocycles. The number of hydrogen-bond donors (Lipinski definition) is 2. The first kappa shape index (κ1) is 13.6. The fourth-order valence-electron chi connectivity index (χ4n) is 1.06. The van der Waals surface area contributed by atoms with Gasteiger partial charge in [-0.05, 0) is 13.8 Å². The largest absolute Gasteiger partial charge is 0.480 e. The molecule has 1 heterocycles. The van der Waals surface area contributed by atoms with Gasteiger partial charge in [0.2, 0.25) is 5.91 Å². The van der Waals surface area contributed by atoms with E-state index in [9.17, 15) is 9.59 Å². The summed E-state index contributed by atoms with van der Waals surface area (Å²) in [6.07, 6.45) is 3.42. The van der Waals surface area contributed by atoms with Crippen LogP contribution in [0.4, 0.5) is 0 Å².